The van der Waals surface area contributed by atoms with Gasteiger partial charge in [0.05, 0.1) is 5.56 Å². The van der Waals surface area contributed by atoms with E-state index in [4.69, 9.17) is 0 Å². The van der Waals surface area contributed by atoms with Gasteiger partial charge in [-0.1, -0.05) is 6.07 Å². The molecule has 0 bridgehead atoms. The molecule has 0 aliphatic heterocycles. The van der Waals surface area contributed by atoms with E-state index < -0.39 is 0 Å². The van der Waals surface area contributed by atoms with E-state index >= 15 is 0 Å². The lowest BCUT2D eigenvalue weighted by Crippen LogP contribution is -2.14. The molecule has 2 amide bonds. The van der Waals surface area contributed by atoms with Gasteiger partial charge in [0, 0.05) is 47.4 Å². The normalized spacial score (nSPS) is 10.3. The van der Waals surface area contributed by atoms with Crippen LogP contribution in [0, 0.1) is 0 Å². The van der Waals surface area contributed by atoms with Crippen LogP contribution in [0.2, 0.25) is 0 Å². The fourth-order valence-corrected chi connectivity index (χ4v) is 2.87. The van der Waals surface area contributed by atoms with Gasteiger partial charge in [-0.15, -0.1) is 0 Å². The Labute approximate surface area is 167 Å². The first-order valence-electron chi connectivity index (χ1n) is 9.05. The molecule has 2 aromatic carbocycles. The highest BCUT2D eigenvalue weighted by atomic mass is 16.2. The second-order valence-electron chi connectivity index (χ2n) is 6.37. The van der Waals surface area contributed by atoms with Crippen LogP contribution in [0.3, 0.4) is 0 Å². The number of nitrogens with one attached hydrogen (secondary N) is 2. The Hall–Kier alpha value is -4.19. The maximum absolute atomic E-state index is 12.6. The monoisotopic (exact) mass is 382 g/mol. The third-order valence-electron chi connectivity index (χ3n) is 4.33. The Morgan fingerprint density at radius 2 is 1.38 bits per heavy atom. The Kier molecular flexibility index (Phi) is 5.16. The maximum Gasteiger partial charge on any atom is 0.257 e. The molecule has 2 heterocycles. The first-order valence-corrected chi connectivity index (χ1v) is 9.05. The van der Waals surface area contributed by atoms with Gasteiger partial charge in [0.15, 0.2) is 0 Å². The molecule has 4 rings (SSSR count). The summed E-state index contributed by atoms with van der Waals surface area (Å²) in [6.45, 7) is 0. The van der Waals surface area contributed by atoms with Crippen molar-refractivity contribution in [1.82, 2.24) is 9.55 Å². The van der Waals surface area contributed by atoms with Crippen molar-refractivity contribution in [3.05, 3.63) is 109 Å². The molecule has 6 heteroatoms. The van der Waals surface area contributed by atoms with E-state index in [0.717, 1.165) is 5.69 Å². The number of rotatable bonds is 5. The summed E-state index contributed by atoms with van der Waals surface area (Å²) < 4.78 is 1.97. The first-order chi connectivity index (χ1) is 14.2. The van der Waals surface area contributed by atoms with E-state index in [9.17, 15) is 9.59 Å². The van der Waals surface area contributed by atoms with Gasteiger partial charge in [-0.25, -0.2) is 0 Å². The zero-order valence-corrected chi connectivity index (χ0v) is 15.4. The lowest BCUT2D eigenvalue weighted by Gasteiger charge is -2.09. The van der Waals surface area contributed by atoms with Gasteiger partial charge in [-0.05, 0) is 66.7 Å². The van der Waals surface area contributed by atoms with Crippen molar-refractivity contribution in [3.8, 4) is 5.69 Å². The summed E-state index contributed by atoms with van der Waals surface area (Å²) >= 11 is 0. The lowest BCUT2D eigenvalue weighted by atomic mass is 10.2. The molecule has 0 saturated carbocycles. The van der Waals surface area contributed by atoms with Crippen LogP contribution >= 0.6 is 0 Å². The third-order valence-corrected chi connectivity index (χ3v) is 4.33. The molecule has 0 fully saturated rings. The highest BCUT2D eigenvalue weighted by Crippen LogP contribution is 2.18. The second kappa shape index (κ2) is 8.22. The van der Waals surface area contributed by atoms with Gasteiger partial charge in [-0.3, -0.25) is 14.6 Å². The smallest absolute Gasteiger partial charge is 0.257 e. The SMILES string of the molecule is O=C(Nc1cccc(NC(=O)c2cccnc2)c1)c1ccc(-n2cccc2)cc1. The van der Waals surface area contributed by atoms with Crippen LogP contribution in [0.25, 0.3) is 5.69 Å². The number of pyridine rings is 1. The summed E-state index contributed by atoms with van der Waals surface area (Å²) in [5.41, 5.74) is 3.16. The Morgan fingerprint density at radius 3 is 2.00 bits per heavy atom. The Bertz CT molecular complexity index is 1120. The Balaban J connectivity index is 1.43. The second-order valence-corrected chi connectivity index (χ2v) is 6.37. The topological polar surface area (TPSA) is 76.0 Å². The quantitative estimate of drug-likeness (QED) is 0.538. The predicted octanol–water partition coefficient (Wildman–Crippen LogP) is 4.38. The molecule has 0 aliphatic rings. The van der Waals surface area contributed by atoms with E-state index in [2.05, 4.69) is 15.6 Å². The van der Waals surface area contributed by atoms with Gasteiger partial charge in [0.2, 0.25) is 0 Å². The number of aromatic nitrogens is 2. The van der Waals surface area contributed by atoms with Crippen molar-refractivity contribution in [2.75, 3.05) is 10.6 Å². The van der Waals surface area contributed by atoms with Gasteiger partial charge in [0.1, 0.15) is 0 Å². The van der Waals surface area contributed by atoms with Gasteiger partial charge in [-0.2, -0.15) is 0 Å². The standard InChI is InChI=1S/C23H18N4O2/c28-22(17-8-10-21(11-9-17)27-13-1-2-14-27)25-19-6-3-7-20(15-19)26-23(29)18-5-4-12-24-16-18/h1-16H,(H,25,28)(H,26,29). The summed E-state index contributed by atoms with van der Waals surface area (Å²) in [5, 5.41) is 5.66. The number of carbonyl (C=O) groups is 2. The molecule has 0 spiro atoms. The zero-order valence-electron chi connectivity index (χ0n) is 15.4. The molecule has 0 unspecified atom stereocenters. The summed E-state index contributed by atoms with van der Waals surface area (Å²) in [6, 6.07) is 21.6. The summed E-state index contributed by atoms with van der Waals surface area (Å²) in [5.74, 6) is -0.484. The largest absolute Gasteiger partial charge is 0.324 e. The minimum absolute atomic E-state index is 0.222. The van der Waals surface area contributed by atoms with Crippen LogP contribution in [-0.4, -0.2) is 21.4 Å². The fourth-order valence-electron chi connectivity index (χ4n) is 2.87. The number of anilines is 2. The predicted molar refractivity (Wildman–Crippen MR) is 112 cm³/mol. The minimum atomic E-state index is -0.262. The van der Waals surface area contributed by atoms with Gasteiger partial charge >= 0.3 is 0 Å². The lowest BCUT2D eigenvalue weighted by molar-refractivity contribution is 0.101. The van der Waals surface area contributed by atoms with Crippen molar-refractivity contribution in [1.29, 1.82) is 0 Å². The molecule has 4 aromatic rings. The van der Waals surface area contributed by atoms with Crippen LogP contribution in [0.4, 0.5) is 11.4 Å². The summed E-state index contributed by atoms with van der Waals surface area (Å²) in [4.78, 5) is 28.8. The number of carbonyl (C=O) groups excluding carboxylic acids is 2. The van der Waals surface area contributed by atoms with Crippen molar-refractivity contribution >= 4 is 23.2 Å². The summed E-state index contributed by atoms with van der Waals surface area (Å²) in [6.07, 6.45) is 7.00. The molecule has 29 heavy (non-hydrogen) atoms. The van der Waals surface area contributed by atoms with Crippen LogP contribution in [0.15, 0.2) is 97.6 Å². The molecule has 0 radical (unpaired) electrons. The molecule has 6 nitrogen and oxygen atoms in total. The highest BCUT2D eigenvalue weighted by Gasteiger charge is 2.09. The fraction of sp³-hybridized carbons (Fsp3) is 0. The Morgan fingerprint density at radius 1 is 0.724 bits per heavy atom. The number of benzene rings is 2. The molecule has 142 valence electrons. The molecule has 0 saturated heterocycles. The number of amides is 2. The first kappa shape index (κ1) is 18.2. The number of hydrogen-bond acceptors (Lipinski definition) is 3. The van der Waals surface area contributed by atoms with Crippen LogP contribution in [0.5, 0.6) is 0 Å². The number of hydrogen-bond donors (Lipinski definition) is 2. The van der Waals surface area contributed by atoms with Crippen LogP contribution in [-0.2, 0) is 0 Å². The van der Waals surface area contributed by atoms with Crippen molar-refractivity contribution in [2.24, 2.45) is 0 Å². The zero-order chi connectivity index (χ0) is 20.1. The highest BCUT2D eigenvalue weighted by molar-refractivity contribution is 6.06. The average molecular weight is 382 g/mol. The van der Waals surface area contributed by atoms with E-state index in [0.29, 0.717) is 22.5 Å². The van der Waals surface area contributed by atoms with Crippen molar-refractivity contribution < 1.29 is 9.59 Å². The molecule has 2 aromatic heterocycles. The molecular weight excluding hydrogens is 364 g/mol. The van der Waals surface area contributed by atoms with E-state index in [-0.39, 0.29) is 11.8 Å². The average Bonchev–Trinajstić information content (AvgIpc) is 3.30. The van der Waals surface area contributed by atoms with Gasteiger partial charge in [0.25, 0.3) is 11.8 Å². The molecule has 0 aliphatic carbocycles. The molecule has 0 atom stereocenters. The van der Waals surface area contributed by atoms with Crippen LogP contribution < -0.4 is 10.6 Å². The third kappa shape index (κ3) is 4.39. The summed E-state index contributed by atoms with van der Waals surface area (Å²) in [7, 11) is 0. The van der Waals surface area contributed by atoms with Gasteiger partial charge < -0.3 is 15.2 Å². The molecular formula is C23H18N4O2. The van der Waals surface area contributed by atoms with Crippen molar-refractivity contribution in [3.63, 3.8) is 0 Å². The minimum Gasteiger partial charge on any atom is -0.324 e. The van der Waals surface area contributed by atoms with E-state index in [1.807, 2.05) is 41.2 Å². The maximum atomic E-state index is 12.6. The van der Waals surface area contributed by atoms with E-state index in [1.54, 1.807) is 54.7 Å². The van der Waals surface area contributed by atoms with E-state index in [1.165, 1.54) is 6.20 Å². The molecule has 2 N–H and O–H groups in total. The number of nitrogens with zero attached hydrogens (tertiary/aromatic N) is 2. The van der Waals surface area contributed by atoms with Crippen molar-refractivity contribution in [2.45, 2.75) is 0 Å². The van der Waals surface area contributed by atoms with Crippen LogP contribution in [0.1, 0.15) is 20.7 Å².